The van der Waals surface area contributed by atoms with Crippen molar-refractivity contribution in [3.05, 3.63) is 40.1 Å². The van der Waals surface area contributed by atoms with Gasteiger partial charge in [0.2, 0.25) is 0 Å². The summed E-state index contributed by atoms with van der Waals surface area (Å²) in [5.41, 5.74) is 1.08. The Morgan fingerprint density at radius 2 is 2.19 bits per heavy atom. The molecular formula is C13H14N4O3S. The first-order valence-electron chi connectivity index (χ1n) is 6.26. The fourth-order valence-corrected chi connectivity index (χ4v) is 2.29. The summed E-state index contributed by atoms with van der Waals surface area (Å²) in [6, 6.07) is 3.37. The van der Waals surface area contributed by atoms with Gasteiger partial charge in [-0.1, -0.05) is 0 Å². The van der Waals surface area contributed by atoms with Crippen molar-refractivity contribution in [1.29, 1.82) is 0 Å². The molecule has 2 aromatic rings. The van der Waals surface area contributed by atoms with Crippen molar-refractivity contribution in [3.63, 3.8) is 0 Å². The van der Waals surface area contributed by atoms with Crippen LogP contribution in [0.5, 0.6) is 0 Å². The maximum Gasteiger partial charge on any atom is 0.355 e. The number of carboxylic acid groups (broad SMARTS) is 1. The van der Waals surface area contributed by atoms with Crippen molar-refractivity contribution in [2.75, 3.05) is 11.9 Å². The molecule has 0 aliphatic heterocycles. The third-order valence-electron chi connectivity index (χ3n) is 2.54. The fraction of sp³-hybridized carbons (Fsp3) is 0.231. The number of nitrogens with one attached hydrogen (secondary N) is 2. The molecule has 0 aliphatic carbocycles. The minimum absolute atomic E-state index is 0.0366. The average molecular weight is 306 g/mol. The second-order valence-corrected chi connectivity index (χ2v) is 5.02. The van der Waals surface area contributed by atoms with Gasteiger partial charge in [-0.05, 0) is 19.1 Å². The molecule has 0 spiro atoms. The van der Waals surface area contributed by atoms with Crippen LogP contribution >= 0.6 is 11.3 Å². The van der Waals surface area contributed by atoms with E-state index in [9.17, 15) is 9.59 Å². The molecule has 110 valence electrons. The number of carbonyl (C=O) groups is 2. The Bertz CT molecular complexity index is 656. The Balaban J connectivity index is 2.01. The summed E-state index contributed by atoms with van der Waals surface area (Å²) in [6.45, 7) is 2.76. The zero-order chi connectivity index (χ0) is 15.2. The van der Waals surface area contributed by atoms with E-state index in [0.717, 1.165) is 5.69 Å². The number of hydrogen-bond acceptors (Lipinski definition) is 6. The molecule has 0 atom stereocenters. The third-order valence-corrected chi connectivity index (χ3v) is 3.39. The standard InChI is InChI=1S/C13H14N4O3S/c1-2-14-12(18)9-5-8(3-4-15-9)16-6-11-17-10(7-21-11)13(19)20/h3-5,7H,2,6H2,1H3,(H,14,18)(H,15,16)(H,19,20). The van der Waals surface area contributed by atoms with E-state index in [4.69, 9.17) is 5.11 Å². The minimum atomic E-state index is -1.04. The van der Waals surface area contributed by atoms with Crippen molar-refractivity contribution in [3.8, 4) is 0 Å². The smallest absolute Gasteiger partial charge is 0.355 e. The molecule has 0 bridgehead atoms. The highest BCUT2D eigenvalue weighted by molar-refractivity contribution is 7.09. The van der Waals surface area contributed by atoms with E-state index in [1.165, 1.54) is 22.9 Å². The second-order valence-electron chi connectivity index (χ2n) is 4.07. The molecule has 1 amide bonds. The lowest BCUT2D eigenvalue weighted by atomic mass is 10.3. The number of aromatic carboxylic acids is 1. The molecule has 0 saturated heterocycles. The molecule has 0 aromatic carbocycles. The molecule has 0 fully saturated rings. The quantitative estimate of drug-likeness (QED) is 0.749. The minimum Gasteiger partial charge on any atom is -0.476 e. The highest BCUT2D eigenvalue weighted by Crippen LogP contribution is 2.13. The molecule has 0 radical (unpaired) electrons. The molecule has 2 heterocycles. The van der Waals surface area contributed by atoms with Crippen LogP contribution in [0.1, 0.15) is 32.9 Å². The number of anilines is 1. The zero-order valence-corrected chi connectivity index (χ0v) is 12.1. The fourth-order valence-electron chi connectivity index (χ4n) is 1.58. The van der Waals surface area contributed by atoms with Gasteiger partial charge < -0.3 is 15.7 Å². The number of rotatable bonds is 6. The summed E-state index contributed by atoms with van der Waals surface area (Å²) in [5.74, 6) is -1.27. The van der Waals surface area contributed by atoms with Gasteiger partial charge in [0.1, 0.15) is 10.7 Å². The Hall–Kier alpha value is -2.48. The van der Waals surface area contributed by atoms with Crippen molar-refractivity contribution in [2.45, 2.75) is 13.5 Å². The maximum absolute atomic E-state index is 11.7. The molecule has 7 nitrogen and oxygen atoms in total. The van der Waals surface area contributed by atoms with Crippen molar-refractivity contribution >= 4 is 28.9 Å². The summed E-state index contributed by atoms with van der Waals surface area (Å²) in [7, 11) is 0. The molecule has 2 aromatic heterocycles. The van der Waals surface area contributed by atoms with E-state index in [-0.39, 0.29) is 11.6 Å². The van der Waals surface area contributed by atoms with Gasteiger partial charge in [0.15, 0.2) is 5.69 Å². The summed E-state index contributed by atoms with van der Waals surface area (Å²) < 4.78 is 0. The molecular weight excluding hydrogens is 292 g/mol. The van der Waals surface area contributed by atoms with Crippen LogP contribution in [0.2, 0.25) is 0 Å². The summed E-state index contributed by atoms with van der Waals surface area (Å²) in [4.78, 5) is 30.4. The number of carbonyl (C=O) groups excluding carboxylic acids is 1. The SMILES string of the molecule is CCNC(=O)c1cc(NCc2nc(C(=O)O)cs2)ccn1. The first-order valence-corrected chi connectivity index (χ1v) is 7.14. The lowest BCUT2D eigenvalue weighted by Crippen LogP contribution is -2.23. The largest absolute Gasteiger partial charge is 0.476 e. The van der Waals surface area contributed by atoms with E-state index in [1.807, 2.05) is 6.92 Å². The number of carboxylic acids is 1. The van der Waals surface area contributed by atoms with Crippen LogP contribution in [-0.2, 0) is 6.54 Å². The van der Waals surface area contributed by atoms with Crippen molar-refractivity contribution in [2.24, 2.45) is 0 Å². The van der Waals surface area contributed by atoms with Crippen LogP contribution in [0.25, 0.3) is 0 Å². The van der Waals surface area contributed by atoms with Gasteiger partial charge in [-0.25, -0.2) is 9.78 Å². The van der Waals surface area contributed by atoms with Gasteiger partial charge in [0.25, 0.3) is 5.91 Å². The monoisotopic (exact) mass is 306 g/mol. The van der Waals surface area contributed by atoms with Crippen LogP contribution in [0, 0.1) is 0 Å². The molecule has 8 heteroatoms. The van der Waals surface area contributed by atoms with E-state index in [1.54, 1.807) is 12.1 Å². The highest BCUT2D eigenvalue weighted by Gasteiger charge is 2.09. The number of aromatic nitrogens is 2. The van der Waals surface area contributed by atoms with E-state index in [0.29, 0.717) is 23.8 Å². The van der Waals surface area contributed by atoms with Crippen LogP contribution in [0.4, 0.5) is 5.69 Å². The number of pyridine rings is 1. The van der Waals surface area contributed by atoms with E-state index >= 15 is 0 Å². The number of thiazole rings is 1. The Kier molecular flexibility index (Phi) is 4.83. The van der Waals surface area contributed by atoms with Crippen molar-refractivity contribution < 1.29 is 14.7 Å². The first-order chi connectivity index (χ1) is 10.1. The lowest BCUT2D eigenvalue weighted by Gasteiger charge is -2.06. The third kappa shape index (κ3) is 3.99. The van der Waals surface area contributed by atoms with Gasteiger partial charge in [-0.2, -0.15) is 0 Å². The second kappa shape index (κ2) is 6.80. The van der Waals surface area contributed by atoms with Gasteiger partial charge in [0, 0.05) is 23.8 Å². The number of hydrogen-bond donors (Lipinski definition) is 3. The molecule has 2 rings (SSSR count). The topological polar surface area (TPSA) is 104 Å². The van der Waals surface area contributed by atoms with E-state index in [2.05, 4.69) is 20.6 Å². The Morgan fingerprint density at radius 3 is 2.86 bits per heavy atom. The lowest BCUT2D eigenvalue weighted by molar-refractivity contribution is 0.0691. The number of amides is 1. The predicted molar refractivity (Wildman–Crippen MR) is 78.6 cm³/mol. The molecule has 3 N–H and O–H groups in total. The highest BCUT2D eigenvalue weighted by atomic mass is 32.1. The van der Waals surface area contributed by atoms with Gasteiger partial charge in [-0.15, -0.1) is 11.3 Å². The summed E-state index contributed by atoms with van der Waals surface area (Å²) in [6.07, 6.45) is 1.54. The predicted octanol–water partition coefficient (Wildman–Crippen LogP) is 1.60. The number of nitrogens with zero attached hydrogens (tertiary/aromatic N) is 2. The summed E-state index contributed by atoms with van der Waals surface area (Å²) >= 11 is 1.27. The van der Waals surface area contributed by atoms with Crippen LogP contribution in [0.3, 0.4) is 0 Å². The van der Waals surface area contributed by atoms with Crippen LogP contribution in [0.15, 0.2) is 23.7 Å². The molecule has 0 saturated carbocycles. The molecule has 21 heavy (non-hydrogen) atoms. The normalized spacial score (nSPS) is 10.1. The zero-order valence-electron chi connectivity index (χ0n) is 11.3. The van der Waals surface area contributed by atoms with Gasteiger partial charge in [-0.3, -0.25) is 9.78 Å². The van der Waals surface area contributed by atoms with Crippen LogP contribution in [-0.4, -0.2) is 33.5 Å². The Labute approximate surface area is 125 Å². The molecule has 0 unspecified atom stereocenters. The first kappa shape index (κ1) is 14.9. The van der Waals surface area contributed by atoms with Crippen molar-refractivity contribution in [1.82, 2.24) is 15.3 Å². The Morgan fingerprint density at radius 1 is 1.38 bits per heavy atom. The van der Waals surface area contributed by atoms with Gasteiger partial charge >= 0.3 is 5.97 Å². The van der Waals surface area contributed by atoms with Crippen LogP contribution < -0.4 is 10.6 Å². The maximum atomic E-state index is 11.7. The average Bonchev–Trinajstić information content (AvgIpc) is 2.95. The summed E-state index contributed by atoms with van der Waals surface area (Å²) in [5, 5.41) is 16.7. The molecule has 0 aliphatic rings. The van der Waals surface area contributed by atoms with E-state index < -0.39 is 5.97 Å². The van der Waals surface area contributed by atoms with Gasteiger partial charge in [0.05, 0.1) is 6.54 Å².